The fourth-order valence-corrected chi connectivity index (χ4v) is 3.61. The summed E-state index contributed by atoms with van der Waals surface area (Å²) >= 11 is 0. The highest BCUT2D eigenvalue weighted by atomic mass is 16.5. The van der Waals surface area contributed by atoms with Gasteiger partial charge in [0.25, 0.3) is 5.91 Å². The van der Waals surface area contributed by atoms with Crippen LogP contribution in [0.25, 0.3) is 5.69 Å². The molecule has 0 radical (unpaired) electrons. The highest BCUT2D eigenvalue weighted by molar-refractivity contribution is 5.94. The summed E-state index contributed by atoms with van der Waals surface area (Å²) in [4.78, 5) is 19.6. The summed E-state index contributed by atoms with van der Waals surface area (Å²) in [6, 6.07) is 13.5. The maximum Gasteiger partial charge on any atom is 0.257 e. The van der Waals surface area contributed by atoms with E-state index in [1.54, 1.807) is 30.4 Å². The molecule has 0 aliphatic carbocycles. The summed E-state index contributed by atoms with van der Waals surface area (Å²) in [5, 5.41) is 4.38. The minimum Gasteiger partial charge on any atom is -0.494 e. The minimum absolute atomic E-state index is 0.00787. The fourth-order valence-electron chi connectivity index (χ4n) is 3.61. The van der Waals surface area contributed by atoms with Crippen molar-refractivity contribution < 1.29 is 9.53 Å². The molecular weight excluding hydrogens is 340 g/mol. The van der Waals surface area contributed by atoms with E-state index >= 15 is 0 Å². The molecule has 3 aromatic rings. The summed E-state index contributed by atoms with van der Waals surface area (Å²) < 4.78 is 7.08. The van der Waals surface area contributed by atoms with Gasteiger partial charge in [0.1, 0.15) is 11.4 Å². The number of hydrogen-bond donors (Lipinski definition) is 0. The molecule has 1 amide bonds. The molecule has 0 N–H and O–H groups in total. The van der Waals surface area contributed by atoms with Crippen LogP contribution in [0, 0.1) is 0 Å². The highest BCUT2D eigenvalue weighted by Crippen LogP contribution is 2.31. The monoisotopic (exact) mass is 362 g/mol. The zero-order chi connectivity index (χ0) is 18.6. The first-order valence-electron chi connectivity index (χ1n) is 9.18. The minimum atomic E-state index is -0.00787. The number of aromatic nitrogens is 3. The molecule has 1 aliphatic rings. The van der Waals surface area contributed by atoms with Crippen molar-refractivity contribution in [2.75, 3.05) is 13.7 Å². The van der Waals surface area contributed by atoms with Crippen LogP contribution in [0.5, 0.6) is 5.75 Å². The van der Waals surface area contributed by atoms with Gasteiger partial charge < -0.3 is 9.64 Å². The number of pyridine rings is 1. The second-order valence-corrected chi connectivity index (χ2v) is 6.61. The molecule has 2 aromatic heterocycles. The largest absolute Gasteiger partial charge is 0.494 e. The van der Waals surface area contributed by atoms with Crippen LogP contribution < -0.4 is 4.74 Å². The third-order valence-electron chi connectivity index (χ3n) is 4.95. The van der Waals surface area contributed by atoms with Gasteiger partial charge in [0, 0.05) is 18.9 Å². The van der Waals surface area contributed by atoms with Crippen LogP contribution in [0.1, 0.15) is 41.4 Å². The molecular formula is C21H22N4O2. The van der Waals surface area contributed by atoms with E-state index in [-0.39, 0.29) is 11.9 Å². The first-order chi connectivity index (χ1) is 13.3. The molecule has 4 rings (SSSR count). The summed E-state index contributed by atoms with van der Waals surface area (Å²) in [6.45, 7) is 0.736. The van der Waals surface area contributed by atoms with E-state index in [0.29, 0.717) is 11.3 Å². The Labute approximate surface area is 158 Å². The van der Waals surface area contributed by atoms with Crippen molar-refractivity contribution in [3.63, 3.8) is 0 Å². The van der Waals surface area contributed by atoms with Gasteiger partial charge in [-0.25, -0.2) is 4.68 Å². The second-order valence-electron chi connectivity index (χ2n) is 6.61. The summed E-state index contributed by atoms with van der Waals surface area (Å²) in [5.41, 5.74) is 2.32. The van der Waals surface area contributed by atoms with Crippen LogP contribution in [0.4, 0.5) is 0 Å². The smallest absolute Gasteiger partial charge is 0.257 e. The van der Waals surface area contributed by atoms with E-state index in [0.717, 1.165) is 37.2 Å². The average Bonchev–Trinajstić information content (AvgIpc) is 3.24. The molecule has 1 atom stereocenters. The molecule has 0 spiro atoms. The summed E-state index contributed by atoms with van der Waals surface area (Å²) in [6.07, 6.45) is 8.22. The highest BCUT2D eigenvalue weighted by Gasteiger charge is 2.30. The van der Waals surface area contributed by atoms with Gasteiger partial charge in [-0.2, -0.15) is 5.10 Å². The molecule has 27 heavy (non-hydrogen) atoms. The predicted molar refractivity (Wildman–Crippen MR) is 102 cm³/mol. The van der Waals surface area contributed by atoms with Crippen LogP contribution in [0.3, 0.4) is 0 Å². The number of hydrogen-bond acceptors (Lipinski definition) is 4. The number of methoxy groups -OCH3 is 1. The normalized spacial score (nSPS) is 16.9. The van der Waals surface area contributed by atoms with Crippen LogP contribution in [-0.2, 0) is 0 Å². The third kappa shape index (κ3) is 3.43. The molecule has 6 heteroatoms. The van der Waals surface area contributed by atoms with Crippen LogP contribution in [0.15, 0.2) is 61.1 Å². The van der Waals surface area contributed by atoms with E-state index < -0.39 is 0 Å². The number of piperidine rings is 1. The number of para-hydroxylation sites is 2. The fraction of sp³-hybridized carbons (Fsp3) is 0.286. The molecule has 0 unspecified atom stereocenters. The van der Waals surface area contributed by atoms with Crippen molar-refractivity contribution in [1.82, 2.24) is 19.7 Å². The first kappa shape index (κ1) is 17.3. The summed E-state index contributed by atoms with van der Waals surface area (Å²) in [5.74, 6) is 0.704. The Morgan fingerprint density at radius 1 is 1.15 bits per heavy atom. The van der Waals surface area contributed by atoms with Gasteiger partial charge in [-0.3, -0.25) is 9.78 Å². The van der Waals surface area contributed by atoms with Crippen molar-refractivity contribution in [2.45, 2.75) is 25.3 Å². The Morgan fingerprint density at radius 3 is 2.81 bits per heavy atom. The lowest BCUT2D eigenvalue weighted by molar-refractivity contribution is 0.0606. The van der Waals surface area contributed by atoms with Gasteiger partial charge >= 0.3 is 0 Å². The maximum atomic E-state index is 13.2. The zero-order valence-electron chi connectivity index (χ0n) is 15.3. The quantitative estimate of drug-likeness (QED) is 0.711. The van der Waals surface area contributed by atoms with Gasteiger partial charge in [0.2, 0.25) is 0 Å². The lowest BCUT2D eigenvalue weighted by Gasteiger charge is -2.35. The van der Waals surface area contributed by atoms with Crippen molar-refractivity contribution in [1.29, 1.82) is 0 Å². The number of nitrogens with zero attached hydrogens (tertiary/aromatic N) is 4. The van der Waals surface area contributed by atoms with Gasteiger partial charge in [0.05, 0.1) is 30.6 Å². The van der Waals surface area contributed by atoms with E-state index in [9.17, 15) is 4.79 Å². The molecule has 1 aliphatic heterocycles. The van der Waals surface area contributed by atoms with Crippen molar-refractivity contribution in [3.05, 3.63) is 72.3 Å². The SMILES string of the molecule is COc1ccccc1-n1cc(C(=O)N2CCCC[C@H]2c2ccccn2)cn1. The zero-order valence-corrected chi connectivity index (χ0v) is 15.3. The molecule has 6 nitrogen and oxygen atoms in total. The average molecular weight is 362 g/mol. The first-order valence-corrected chi connectivity index (χ1v) is 9.18. The Kier molecular flexibility index (Phi) is 4.87. The second kappa shape index (κ2) is 7.61. The number of likely N-dealkylation sites (tertiary alicyclic amines) is 1. The van der Waals surface area contributed by atoms with Crippen LogP contribution >= 0.6 is 0 Å². The Hall–Kier alpha value is -3.15. The standard InChI is InChI=1S/C21H22N4O2/c1-27-20-11-3-2-10-19(20)25-15-16(14-23-25)21(26)24-13-7-5-9-18(24)17-8-4-6-12-22-17/h2-4,6,8,10-12,14-15,18H,5,7,9,13H2,1H3/t18-/m0/s1. The summed E-state index contributed by atoms with van der Waals surface area (Å²) in [7, 11) is 1.62. The van der Waals surface area contributed by atoms with E-state index in [1.165, 1.54) is 0 Å². The molecule has 0 saturated carbocycles. The molecule has 1 saturated heterocycles. The lowest BCUT2D eigenvalue weighted by Crippen LogP contribution is -2.38. The van der Waals surface area contributed by atoms with Crippen LogP contribution in [0.2, 0.25) is 0 Å². The van der Waals surface area contributed by atoms with Crippen LogP contribution in [-0.4, -0.2) is 39.2 Å². The Balaban J connectivity index is 1.61. The Bertz CT molecular complexity index is 923. The maximum absolute atomic E-state index is 13.2. The number of carbonyl (C=O) groups excluding carboxylic acids is 1. The van der Waals surface area contributed by atoms with E-state index in [2.05, 4.69) is 10.1 Å². The number of ether oxygens (including phenoxy) is 1. The Morgan fingerprint density at radius 2 is 2.00 bits per heavy atom. The van der Waals surface area contributed by atoms with E-state index in [1.807, 2.05) is 47.4 Å². The van der Waals surface area contributed by atoms with E-state index in [4.69, 9.17) is 4.74 Å². The van der Waals surface area contributed by atoms with Crippen molar-refractivity contribution in [3.8, 4) is 11.4 Å². The number of rotatable bonds is 4. The molecule has 1 aromatic carbocycles. The number of benzene rings is 1. The van der Waals surface area contributed by atoms with Gasteiger partial charge in [-0.1, -0.05) is 18.2 Å². The number of amides is 1. The lowest BCUT2D eigenvalue weighted by atomic mass is 9.98. The topological polar surface area (TPSA) is 60.2 Å². The van der Waals surface area contributed by atoms with Crippen molar-refractivity contribution >= 4 is 5.91 Å². The van der Waals surface area contributed by atoms with Gasteiger partial charge in [-0.15, -0.1) is 0 Å². The third-order valence-corrected chi connectivity index (χ3v) is 4.95. The predicted octanol–water partition coefficient (Wildman–Crippen LogP) is 3.64. The van der Waals surface area contributed by atoms with Gasteiger partial charge in [0.15, 0.2) is 0 Å². The molecule has 0 bridgehead atoms. The van der Waals surface area contributed by atoms with Gasteiger partial charge in [-0.05, 0) is 43.5 Å². The van der Waals surface area contributed by atoms with Crippen molar-refractivity contribution in [2.24, 2.45) is 0 Å². The number of carbonyl (C=O) groups is 1. The molecule has 138 valence electrons. The molecule has 1 fully saturated rings. The molecule has 3 heterocycles.